The molecule has 0 unspecified atom stereocenters. The van der Waals surface area contributed by atoms with Gasteiger partial charge in [0.25, 0.3) is 0 Å². The third kappa shape index (κ3) is 4.00. The Morgan fingerprint density at radius 1 is 1.59 bits per heavy atom. The van der Waals surface area contributed by atoms with E-state index in [0.717, 1.165) is 10.0 Å². The summed E-state index contributed by atoms with van der Waals surface area (Å²) in [5.41, 5.74) is 1.02. The average molecular weight is 301 g/mol. The fourth-order valence-electron chi connectivity index (χ4n) is 1.50. The zero-order chi connectivity index (χ0) is 13.0. The van der Waals surface area contributed by atoms with Crippen molar-refractivity contribution in [1.82, 2.24) is 4.98 Å². The number of aryl methyl sites for hydroxylation is 1. The number of hydrogen-bond acceptors (Lipinski definition) is 3. The number of carboxylic acids is 1. The Labute approximate surface area is 110 Å². The maximum Gasteiger partial charge on any atom is 0.326 e. The van der Waals surface area contributed by atoms with E-state index in [2.05, 4.69) is 26.2 Å². The van der Waals surface area contributed by atoms with Crippen LogP contribution in [0.15, 0.2) is 16.7 Å². The highest BCUT2D eigenvalue weighted by Crippen LogP contribution is 2.24. The van der Waals surface area contributed by atoms with Crippen LogP contribution in [0.25, 0.3) is 0 Å². The van der Waals surface area contributed by atoms with Crippen LogP contribution in [0.1, 0.15) is 25.8 Å². The molecule has 0 aliphatic heterocycles. The summed E-state index contributed by atoms with van der Waals surface area (Å²) >= 11 is 3.41. The van der Waals surface area contributed by atoms with E-state index in [-0.39, 0.29) is 0 Å². The molecule has 0 amide bonds. The number of nitrogens with one attached hydrogen (secondary N) is 1. The van der Waals surface area contributed by atoms with E-state index in [4.69, 9.17) is 5.11 Å². The molecule has 17 heavy (non-hydrogen) atoms. The Hall–Kier alpha value is -1.10. The van der Waals surface area contributed by atoms with Crippen molar-refractivity contribution < 1.29 is 9.90 Å². The first kappa shape index (κ1) is 14.0. The number of rotatable bonds is 5. The molecule has 0 saturated carbocycles. The second kappa shape index (κ2) is 6.00. The van der Waals surface area contributed by atoms with Crippen molar-refractivity contribution in [2.45, 2.75) is 33.2 Å². The van der Waals surface area contributed by atoms with Crippen LogP contribution in [-0.4, -0.2) is 22.1 Å². The lowest BCUT2D eigenvalue weighted by Crippen LogP contribution is -2.31. The van der Waals surface area contributed by atoms with Crippen LogP contribution in [0.2, 0.25) is 0 Å². The molecule has 0 fully saturated rings. The predicted octanol–water partition coefficient (Wildman–Crippen LogP) is 3.06. The first-order chi connectivity index (χ1) is 7.91. The molecule has 1 aromatic rings. The van der Waals surface area contributed by atoms with Crippen LogP contribution in [0, 0.1) is 12.8 Å². The highest BCUT2D eigenvalue weighted by Gasteiger charge is 2.20. The number of hydrogen-bond donors (Lipinski definition) is 2. The van der Waals surface area contributed by atoms with Gasteiger partial charge in [-0.1, -0.05) is 13.8 Å². The summed E-state index contributed by atoms with van der Waals surface area (Å²) in [6.45, 7) is 5.93. The van der Waals surface area contributed by atoms with Gasteiger partial charge in [0.05, 0.1) is 4.47 Å². The van der Waals surface area contributed by atoms with Gasteiger partial charge in [0.2, 0.25) is 0 Å². The second-order valence-electron chi connectivity index (χ2n) is 4.46. The first-order valence-electron chi connectivity index (χ1n) is 5.52. The largest absolute Gasteiger partial charge is 0.480 e. The molecule has 2 N–H and O–H groups in total. The molecule has 0 aliphatic carbocycles. The van der Waals surface area contributed by atoms with Crippen molar-refractivity contribution in [2.24, 2.45) is 5.92 Å². The predicted molar refractivity (Wildman–Crippen MR) is 71.2 cm³/mol. The van der Waals surface area contributed by atoms with Gasteiger partial charge >= 0.3 is 5.97 Å². The number of aliphatic carboxylic acids is 1. The van der Waals surface area contributed by atoms with Crippen LogP contribution >= 0.6 is 15.9 Å². The van der Waals surface area contributed by atoms with Crippen molar-refractivity contribution in [1.29, 1.82) is 0 Å². The molecule has 0 aliphatic rings. The standard InChI is InChI=1S/C12H17BrN2O2/c1-7(2)6-9(12(16)17)15-11-10(13)8(3)4-5-14-11/h4-5,7,9H,6H2,1-3H3,(H,14,15)(H,16,17)/t9-/m0/s1. The van der Waals surface area contributed by atoms with Crippen LogP contribution in [0.4, 0.5) is 5.82 Å². The molecule has 94 valence electrons. The monoisotopic (exact) mass is 300 g/mol. The smallest absolute Gasteiger partial charge is 0.326 e. The number of pyridine rings is 1. The fourth-order valence-corrected chi connectivity index (χ4v) is 1.85. The van der Waals surface area contributed by atoms with Crippen LogP contribution in [0.3, 0.4) is 0 Å². The van der Waals surface area contributed by atoms with E-state index < -0.39 is 12.0 Å². The third-order valence-corrected chi connectivity index (χ3v) is 3.40. The van der Waals surface area contributed by atoms with Crippen molar-refractivity contribution >= 4 is 27.7 Å². The van der Waals surface area contributed by atoms with Gasteiger partial charge in [-0.3, -0.25) is 0 Å². The lowest BCUT2D eigenvalue weighted by molar-refractivity contribution is -0.138. The van der Waals surface area contributed by atoms with Gasteiger partial charge in [0.1, 0.15) is 11.9 Å². The number of carbonyl (C=O) groups is 1. The molecule has 0 radical (unpaired) electrons. The minimum atomic E-state index is -0.853. The van der Waals surface area contributed by atoms with Gasteiger partial charge < -0.3 is 10.4 Å². The first-order valence-corrected chi connectivity index (χ1v) is 6.31. The van der Waals surface area contributed by atoms with Gasteiger partial charge in [0.15, 0.2) is 0 Å². The number of anilines is 1. The number of carboxylic acid groups (broad SMARTS) is 1. The Morgan fingerprint density at radius 3 is 2.76 bits per heavy atom. The molecule has 5 heteroatoms. The average Bonchev–Trinajstić information content (AvgIpc) is 2.22. The normalized spacial score (nSPS) is 12.5. The Bertz CT molecular complexity index is 407. The van der Waals surface area contributed by atoms with E-state index in [1.54, 1.807) is 6.20 Å². The Morgan fingerprint density at radius 2 is 2.24 bits per heavy atom. The van der Waals surface area contributed by atoms with Crippen molar-refractivity contribution in [3.05, 3.63) is 22.3 Å². The minimum absolute atomic E-state index is 0.312. The molecule has 0 bridgehead atoms. The molecule has 0 saturated heterocycles. The maximum atomic E-state index is 11.1. The van der Waals surface area contributed by atoms with Gasteiger partial charge in [-0.15, -0.1) is 0 Å². The third-order valence-electron chi connectivity index (χ3n) is 2.40. The highest BCUT2D eigenvalue weighted by atomic mass is 79.9. The maximum absolute atomic E-state index is 11.1. The van der Waals surface area contributed by atoms with Crippen LogP contribution in [0.5, 0.6) is 0 Å². The molecule has 1 atom stereocenters. The Balaban J connectivity index is 2.86. The van der Waals surface area contributed by atoms with E-state index >= 15 is 0 Å². The summed E-state index contributed by atoms with van der Waals surface area (Å²) in [4.78, 5) is 15.3. The minimum Gasteiger partial charge on any atom is -0.480 e. The lowest BCUT2D eigenvalue weighted by Gasteiger charge is -2.18. The summed E-state index contributed by atoms with van der Waals surface area (Å²) in [5, 5.41) is 12.1. The highest BCUT2D eigenvalue weighted by molar-refractivity contribution is 9.10. The van der Waals surface area contributed by atoms with E-state index in [1.165, 1.54) is 0 Å². The topological polar surface area (TPSA) is 62.2 Å². The quantitative estimate of drug-likeness (QED) is 0.877. The van der Waals surface area contributed by atoms with E-state index in [1.807, 2.05) is 26.8 Å². The van der Waals surface area contributed by atoms with Crippen LogP contribution in [-0.2, 0) is 4.79 Å². The van der Waals surface area contributed by atoms with Gasteiger partial charge in [-0.05, 0) is 46.8 Å². The Kier molecular flexibility index (Phi) is 4.93. The number of halogens is 1. The fraction of sp³-hybridized carbons (Fsp3) is 0.500. The van der Waals surface area contributed by atoms with Gasteiger partial charge in [-0.2, -0.15) is 0 Å². The summed E-state index contributed by atoms with van der Waals surface area (Å²) < 4.78 is 0.815. The van der Waals surface area contributed by atoms with Gasteiger partial charge in [0, 0.05) is 6.20 Å². The van der Waals surface area contributed by atoms with Crippen LogP contribution < -0.4 is 5.32 Å². The summed E-state index contributed by atoms with van der Waals surface area (Å²) in [5.74, 6) is 0.0409. The second-order valence-corrected chi connectivity index (χ2v) is 5.25. The summed E-state index contributed by atoms with van der Waals surface area (Å²) in [6.07, 6.45) is 2.23. The molecule has 0 spiro atoms. The number of nitrogens with zero attached hydrogens (tertiary/aromatic N) is 1. The van der Waals surface area contributed by atoms with E-state index in [0.29, 0.717) is 18.2 Å². The molecule has 4 nitrogen and oxygen atoms in total. The zero-order valence-electron chi connectivity index (χ0n) is 10.2. The molecular weight excluding hydrogens is 284 g/mol. The number of aromatic nitrogens is 1. The van der Waals surface area contributed by atoms with Crippen molar-refractivity contribution in [2.75, 3.05) is 5.32 Å². The molecular formula is C12H17BrN2O2. The zero-order valence-corrected chi connectivity index (χ0v) is 11.8. The van der Waals surface area contributed by atoms with Crippen molar-refractivity contribution in [3.63, 3.8) is 0 Å². The van der Waals surface area contributed by atoms with Gasteiger partial charge in [-0.25, -0.2) is 9.78 Å². The molecule has 1 aromatic heterocycles. The lowest BCUT2D eigenvalue weighted by atomic mass is 10.0. The summed E-state index contributed by atoms with van der Waals surface area (Å²) in [6, 6.07) is 1.26. The van der Waals surface area contributed by atoms with E-state index in [9.17, 15) is 4.79 Å². The molecule has 1 heterocycles. The SMILES string of the molecule is Cc1ccnc(N[C@@H](CC(C)C)C(=O)O)c1Br. The van der Waals surface area contributed by atoms with Crippen molar-refractivity contribution in [3.8, 4) is 0 Å². The summed E-state index contributed by atoms with van der Waals surface area (Å²) in [7, 11) is 0. The molecule has 1 rings (SSSR count). The molecule has 0 aromatic carbocycles.